The molecule has 5 nitrogen and oxygen atoms in total. The van der Waals surface area contributed by atoms with Crippen molar-refractivity contribution >= 4 is 34.7 Å². The molecule has 1 heterocycles. The Morgan fingerprint density at radius 3 is 2.71 bits per heavy atom. The van der Waals surface area contributed by atoms with Crippen molar-refractivity contribution in [2.75, 3.05) is 6.61 Å². The van der Waals surface area contributed by atoms with Crippen LogP contribution in [0, 0.1) is 5.92 Å². The van der Waals surface area contributed by atoms with Gasteiger partial charge in [-0.25, -0.2) is 4.79 Å². The van der Waals surface area contributed by atoms with Crippen LogP contribution >= 0.6 is 22.6 Å². The maximum absolute atomic E-state index is 11.9. The zero-order chi connectivity index (χ0) is 13.2. The van der Waals surface area contributed by atoms with Gasteiger partial charge in [0, 0.05) is 0 Å². The van der Waals surface area contributed by atoms with Gasteiger partial charge < -0.3 is 14.8 Å². The molecule has 6 heteroatoms. The largest absolute Gasteiger partial charge is 0.465 e. The molecule has 1 amide bonds. The van der Waals surface area contributed by atoms with Crippen LogP contribution in [0.1, 0.15) is 27.7 Å². The smallest absolute Gasteiger partial charge is 0.407 e. The van der Waals surface area contributed by atoms with E-state index in [1.165, 1.54) is 0 Å². The molecule has 0 radical (unpaired) electrons. The van der Waals surface area contributed by atoms with E-state index in [-0.39, 0.29) is 17.9 Å². The lowest BCUT2D eigenvalue weighted by atomic mass is 9.91. The number of hydrogen-bond acceptors (Lipinski definition) is 4. The Hall–Kier alpha value is -0.530. The minimum absolute atomic E-state index is 0.172. The molecule has 1 N–H and O–H groups in total. The van der Waals surface area contributed by atoms with Gasteiger partial charge in [-0.15, -0.1) is 0 Å². The molecule has 0 bridgehead atoms. The summed E-state index contributed by atoms with van der Waals surface area (Å²) in [5.41, 5.74) is 0. The van der Waals surface area contributed by atoms with Crippen LogP contribution in [-0.2, 0) is 14.3 Å². The number of alkyl halides is 1. The minimum atomic E-state index is -0.873. The lowest BCUT2D eigenvalue weighted by Gasteiger charge is -2.30. The molecular formula is C11H18INO4. The molecule has 0 spiro atoms. The Balaban J connectivity index is 2.88. The number of ether oxygens (including phenoxy) is 2. The Morgan fingerprint density at radius 2 is 2.24 bits per heavy atom. The number of nitrogens with one attached hydrogen (secondary N) is 1. The van der Waals surface area contributed by atoms with E-state index in [1.807, 2.05) is 36.4 Å². The van der Waals surface area contributed by atoms with E-state index < -0.39 is 15.6 Å². The van der Waals surface area contributed by atoms with Crippen LogP contribution in [0.15, 0.2) is 0 Å². The first-order valence-electron chi connectivity index (χ1n) is 5.64. The van der Waals surface area contributed by atoms with Crippen molar-refractivity contribution in [1.82, 2.24) is 5.32 Å². The lowest BCUT2D eigenvalue weighted by Crippen LogP contribution is -2.51. The summed E-state index contributed by atoms with van der Waals surface area (Å²) in [7, 11) is 0. The van der Waals surface area contributed by atoms with E-state index in [4.69, 9.17) is 9.47 Å². The zero-order valence-corrected chi connectivity index (χ0v) is 12.6. The van der Waals surface area contributed by atoms with E-state index in [2.05, 4.69) is 5.32 Å². The number of rotatable bonds is 4. The van der Waals surface area contributed by atoms with Crippen molar-refractivity contribution in [2.24, 2.45) is 5.92 Å². The highest BCUT2D eigenvalue weighted by Gasteiger charge is 2.51. The summed E-state index contributed by atoms with van der Waals surface area (Å²) in [6.45, 7) is 7.75. The van der Waals surface area contributed by atoms with Crippen LogP contribution in [0.5, 0.6) is 0 Å². The highest BCUT2D eigenvalue weighted by Crippen LogP contribution is 2.34. The fourth-order valence-electron chi connectivity index (χ4n) is 1.79. The Bertz CT molecular complexity index is 317. The maximum Gasteiger partial charge on any atom is 0.407 e. The lowest BCUT2D eigenvalue weighted by molar-refractivity contribution is -0.147. The van der Waals surface area contributed by atoms with Crippen LogP contribution in [0.3, 0.4) is 0 Å². The van der Waals surface area contributed by atoms with Crippen LogP contribution in [0.4, 0.5) is 4.79 Å². The van der Waals surface area contributed by atoms with E-state index >= 15 is 0 Å². The summed E-state index contributed by atoms with van der Waals surface area (Å²) in [6.07, 6.45) is -0.976. The molecule has 1 unspecified atom stereocenters. The van der Waals surface area contributed by atoms with Crippen molar-refractivity contribution in [2.45, 2.75) is 43.3 Å². The first-order chi connectivity index (χ1) is 7.80. The van der Waals surface area contributed by atoms with Crippen LogP contribution < -0.4 is 5.32 Å². The van der Waals surface area contributed by atoms with Crippen LogP contribution in [0.25, 0.3) is 0 Å². The molecule has 1 aliphatic heterocycles. The molecule has 1 saturated heterocycles. The second-order valence-corrected chi connectivity index (χ2v) is 6.78. The van der Waals surface area contributed by atoms with E-state index in [0.717, 1.165) is 0 Å². The third kappa shape index (κ3) is 3.02. The fraction of sp³-hybridized carbons (Fsp3) is 0.818. The van der Waals surface area contributed by atoms with Crippen molar-refractivity contribution < 1.29 is 19.1 Å². The van der Waals surface area contributed by atoms with Gasteiger partial charge in [0.05, 0.1) is 12.6 Å². The van der Waals surface area contributed by atoms with Crippen molar-refractivity contribution in [3.05, 3.63) is 0 Å². The first kappa shape index (κ1) is 14.5. The quantitative estimate of drug-likeness (QED) is 0.475. The van der Waals surface area contributed by atoms with E-state index in [9.17, 15) is 9.59 Å². The van der Waals surface area contributed by atoms with Crippen molar-refractivity contribution in [1.29, 1.82) is 0 Å². The minimum Gasteiger partial charge on any atom is -0.465 e. The predicted octanol–water partition coefficient (Wildman–Crippen LogP) is 1.88. The molecular weight excluding hydrogens is 337 g/mol. The number of cyclic esters (lactones) is 1. The molecule has 1 fully saturated rings. The number of amides is 1. The molecule has 3 atom stereocenters. The second-order valence-electron chi connectivity index (χ2n) is 4.54. The van der Waals surface area contributed by atoms with Gasteiger partial charge in [-0.3, -0.25) is 4.79 Å². The van der Waals surface area contributed by atoms with Gasteiger partial charge in [-0.05, 0) is 19.8 Å². The number of alkyl carbamates (subject to hydrolysis) is 1. The summed E-state index contributed by atoms with van der Waals surface area (Å²) in [6, 6.07) is -0.172. The molecule has 0 aromatic rings. The fourth-order valence-corrected chi connectivity index (χ4v) is 2.46. The van der Waals surface area contributed by atoms with E-state index in [1.54, 1.807) is 13.8 Å². The summed E-state index contributed by atoms with van der Waals surface area (Å²) >= 11 is 1.99. The molecule has 17 heavy (non-hydrogen) atoms. The summed E-state index contributed by atoms with van der Waals surface area (Å²) < 4.78 is 9.35. The number of carbonyl (C=O) groups excluding carboxylic acids is 2. The molecule has 0 aliphatic carbocycles. The molecule has 1 rings (SSSR count). The Morgan fingerprint density at radius 1 is 1.65 bits per heavy atom. The SMILES string of the molecule is CCOC(=O)C(C)(I)[C@@H]1OC(=O)N[C@H]1C(C)C. The summed E-state index contributed by atoms with van der Waals surface area (Å²) in [5.74, 6) is -0.164. The van der Waals surface area contributed by atoms with Crippen LogP contribution in [-0.4, -0.2) is 34.2 Å². The third-order valence-electron chi connectivity index (χ3n) is 2.77. The highest BCUT2D eigenvalue weighted by atomic mass is 127. The van der Waals surface area contributed by atoms with E-state index in [0.29, 0.717) is 6.61 Å². The van der Waals surface area contributed by atoms with Crippen LogP contribution in [0.2, 0.25) is 0 Å². The standard InChI is InChI=1S/C11H18INO4/c1-5-16-9(14)11(4,12)8-7(6(2)3)13-10(15)17-8/h6-8H,5H2,1-4H3,(H,13,15)/t7-,8+,11?/m0/s1. The van der Waals surface area contributed by atoms with Gasteiger partial charge in [0.2, 0.25) is 0 Å². The maximum atomic E-state index is 11.9. The average Bonchev–Trinajstić information content (AvgIpc) is 2.61. The molecule has 0 aromatic heterocycles. The number of hydrogen-bond donors (Lipinski definition) is 1. The average molecular weight is 355 g/mol. The van der Waals surface area contributed by atoms with Gasteiger partial charge >= 0.3 is 12.1 Å². The summed E-state index contributed by atoms with van der Waals surface area (Å²) in [4.78, 5) is 23.2. The first-order valence-corrected chi connectivity index (χ1v) is 6.71. The monoisotopic (exact) mass is 355 g/mol. The van der Waals surface area contributed by atoms with Gasteiger partial charge in [-0.2, -0.15) is 0 Å². The topological polar surface area (TPSA) is 64.6 Å². The number of carbonyl (C=O) groups is 2. The molecule has 0 aromatic carbocycles. The van der Waals surface area contributed by atoms with Crippen molar-refractivity contribution in [3.63, 3.8) is 0 Å². The molecule has 98 valence electrons. The van der Waals surface area contributed by atoms with Gasteiger partial charge in [0.25, 0.3) is 0 Å². The normalized spacial score (nSPS) is 27.3. The Labute approximate surface area is 115 Å². The van der Waals surface area contributed by atoms with Gasteiger partial charge in [0.15, 0.2) is 3.42 Å². The predicted molar refractivity (Wildman–Crippen MR) is 71.1 cm³/mol. The third-order valence-corrected chi connectivity index (χ3v) is 3.83. The molecule has 0 saturated carbocycles. The summed E-state index contributed by atoms with van der Waals surface area (Å²) in [5, 5.41) is 2.73. The second kappa shape index (κ2) is 5.41. The van der Waals surface area contributed by atoms with Gasteiger partial charge in [0.1, 0.15) is 6.10 Å². The Kier molecular flexibility index (Phi) is 4.62. The zero-order valence-electron chi connectivity index (χ0n) is 10.5. The number of halogens is 1. The highest BCUT2D eigenvalue weighted by molar-refractivity contribution is 14.1. The molecule has 1 aliphatic rings. The van der Waals surface area contributed by atoms with Gasteiger partial charge in [-0.1, -0.05) is 36.4 Å². The number of esters is 1. The van der Waals surface area contributed by atoms with Crippen molar-refractivity contribution in [3.8, 4) is 0 Å².